The van der Waals surface area contributed by atoms with Crippen LogP contribution >= 0.6 is 0 Å². The van der Waals surface area contributed by atoms with Crippen molar-refractivity contribution in [3.63, 3.8) is 0 Å². The fourth-order valence-electron chi connectivity index (χ4n) is 6.38. The molecule has 8 nitrogen and oxygen atoms in total. The summed E-state index contributed by atoms with van der Waals surface area (Å²) in [5, 5.41) is 11.9. The van der Waals surface area contributed by atoms with Crippen molar-refractivity contribution in [3.05, 3.63) is 59.8 Å². The van der Waals surface area contributed by atoms with Crippen LogP contribution in [0.3, 0.4) is 0 Å². The van der Waals surface area contributed by atoms with Crippen molar-refractivity contribution >= 4 is 17.2 Å². The maximum absolute atomic E-state index is 14.1. The van der Waals surface area contributed by atoms with Crippen molar-refractivity contribution in [2.75, 3.05) is 37.7 Å². The average Bonchev–Trinajstić information content (AvgIpc) is 3.28. The van der Waals surface area contributed by atoms with Gasteiger partial charge in [0.15, 0.2) is 5.82 Å². The number of aromatic nitrogens is 3. The highest BCUT2D eigenvalue weighted by Crippen LogP contribution is 2.47. The molecule has 3 aromatic rings. The molecule has 3 fully saturated rings. The number of aliphatic hydroxyl groups is 1. The number of nitrogens with zero attached hydrogens (tertiary/aromatic N) is 5. The molecule has 3 atom stereocenters. The molecule has 8 heteroatoms. The minimum absolute atomic E-state index is 0.00248. The van der Waals surface area contributed by atoms with E-state index >= 15 is 0 Å². The predicted octanol–water partition coefficient (Wildman–Crippen LogP) is 3.17. The Morgan fingerprint density at radius 1 is 1.11 bits per heavy atom. The number of carbonyl (C=O) groups excluding carboxylic acids is 1. The molecule has 0 spiro atoms. The molecule has 1 aliphatic carbocycles. The lowest BCUT2D eigenvalue weighted by Gasteiger charge is -2.52. The van der Waals surface area contributed by atoms with E-state index in [1.807, 2.05) is 58.9 Å². The quantitative estimate of drug-likeness (QED) is 0.627. The monoisotopic (exact) mass is 475 g/mol. The number of hydrogen-bond donors (Lipinski definition) is 1. The number of benzene rings is 1. The van der Waals surface area contributed by atoms with Gasteiger partial charge in [-0.15, -0.1) is 0 Å². The van der Waals surface area contributed by atoms with Gasteiger partial charge < -0.3 is 19.6 Å². The highest BCUT2D eigenvalue weighted by Gasteiger charge is 2.50. The molecule has 2 aromatic heterocycles. The molecule has 0 radical (unpaired) electrons. The van der Waals surface area contributed by atoms with Gasteiger partial charge in [0.25, 0.3) is 5.91 Å². The summed E-state index contributed by atoms with van der Waals surface area (Å²) in [6, 6.07) is 10.0. The van der Waals surface area contributed by atoms with Crippen LogP contribution in [-0.2, 0) is 10.3 Å². The molecule has 1 saturated carbocycles. The van der Waals surface area contributed by atoms with E-state index in [0.717, 1.165) is 61.4 Å². The molecule has 6 rings (SSSR count). The van der Waals surface area contributed by atoms with E-state index in [1.165, 1.54) is 0 Å². The number of ether oxygens (including phenoxy) is 1. The number of piperidine rings is 1. The van der Waals surface area contributed by atoms with Gasteiger partial charge in [-0.3, -0.25) is 14.2 Å². The van der Waals surface area contributed by atoms with E-state index in [2.05, 4.69) is 9.88 Å². The average molecular weight is 476 g/mol. The third-order valence-corrected chi connectivity index (χ3v) is 8.15. The predicted molar refractivity (Wildman–Crippen MR) is 132 cm³/mol. The number of morpholine rings is 1. The Labute approximate surface area is 205 Å². The second-order valence-electron chi connectivity index (χ2n) is 10.1. The molecule has 4 heterocycles. The molecule has 1 amide bonds. The van der Waals surface area contributed by atoms with E-state index in [1.54, 1.807) is 0 Å². The number of likely N-dealkylation sites (tertiary alicyclic amines) is 1. The van der Waals surface area contributed by atoms with Gasteiger partial charge in [0, 0.05) is 37.8 Å². The van der Waals surface area contributed by atoms with Gasteiger partial charge in [0.05, 0.1) is 30.7 Å². The highest BCUT2D eigenvalue weighted by atomic mass is 16.5. The fraction of sp³-hybridized carbons (Fsp3) is 0.519. The van der Waals surface area contributed by atoms with Crippen LogP contribution in [0.15, 0.2) is 42.7 Å². The van der Waals surface area contributed by atoms with Crippen LogP contribution in [0.5, 0.6) is 0 Å². The zero-order chi connectivity index (χ0) is 24.0. The lowest BCUT2D eigenvalue weighted by molar-refractivity contribution is -0.110. The van der Waals surface area contributed by atoms with Crippen LogP contribution in [-0.4, -0.2) is 69.2 Å². The largest absolute Gasteiger partial charge is 0.385 e. The third kappa shape index (κ3) is 3.79. The number of carbonyl (C=O) groups is 1. The second-order valence-corrected chi connectivity index (χ2v) is 10.1. The maximum Gasteiger partial charge on any atom is 0.290 e. The maximum atomic E-state index is 14.1. The molecule has 1 unspecified atom stereocenters. The van der Waals surface area contributed by atoms with E-state index in [-0.39, 0.29) is 17.9 Å². The zero-order valence-electron chi connectivity index (χ0n) is 20.3. The van der Waals surface area contributed by atoms with Gasteiger partial charge in [-0.1, -0.05) is 43.2 Å². The fourth-order valence-corrected chi connectivity index (χ4v) is 6.38. The first-order valence-corrected chi connectivity index (χ1v) is 12.8. The van der Waals surface area contributed by atoms with Crippen molar-refractivity contribution < 1.29 is 14.6 Å². The first-order valence-electron chi connectivity index (χ1n) is 12.8. The number of anilines is 1. The smallest absolute Gasteiger partial charge is 0.290 e. The van der Waals surface area contributed by atoms with Crippen molar-refractivity contribution in [2.45, 2.75) is 50.7 Å². The third-order valence-electron chi connectivity index (χ3n) is 8.15. The number of fused-ring (bicyclic) bond motifs is 2. The number of hydrogen-bond acceptors (Lipinski definition) is 6. The van der Waals surface area contributed by atoms with Crippen molar-refractivity contribution in [1.29, 1.82) is 0 Å². The van der Waals surface area contributed by atoms with Crippen LogP contribution < -0.4 is 4.90 Å². The molecule has 184 valence electrons. The van der Waals surface area contributed by atoms with Crippen LogP contribution in [0.1, 0.15) is 54.0 Å². The Kier molecular flexibility index (Phi) is 5.73. The van der Waals surface area contributed by atoms with E-state index < -0.39 is 5.60 Å². The van der Waals surface area contributed by atoms with Gasteiger partial charge >= 0.3 is 0 Å². The molecule has 0 bridgehead atoms. The van der Waals surface area contributed by atoms with Gasteiger partial charge in [-0.05, 0) is 31.7 Å². The Morgan fingerprint density at radius 3 is 2.69 bits per heavy atom. The van der Waals surface area contributed by atoms with E-state index in [0.29, 0.717) is 32.0 Å². The van der Waals surface area contributed by atoms with Gasteiger partial charge in [-0.2, -0.15) is 0 Å². The molecule has 2 aliphatic heterocycles. The number of rotatable bonds is 3. The summed E-state index contributed by atoms with van der Waals surface area (Å²) in [6.07, 6.45) is 8.23. The molecule has 1 N–H and O–H groups in total. The SMILES string of the molecule is Cc1cn2c(C(=O)N3CCC(O)(c4ccccc4)[C@H]4CCCC[C@H]43)nc(N3CCOCC3)c2cn1. The van der Waals surface area contributed by atoms with E-state index in [4.69, 9.17) is 9.72 Å². The van der Waals surface area contributed by atoms with Crippen molar-refractivity contribution in [2.24, 2.45) is 5.92 Å². The summed E-state index contributed by atoms with van der Waals surface area (Å²) in [4.78, 5) is 27.7. The summed E-state index contributed by atoms with van der Waals surface area (Å²) < 4.78 is 7.43. The summed E-state index contributed by atoms with van der Waals surface area (Å²) in [7, 11) is 0. The van der Waals surface area contributed by atoms with Gasteiger partial charge in [0.1, 0.15) is 5.52 Å². The topological polar surface area (TPSA) is 83.2 Å². The molecular formula is C27H33N5O3. The van der Waals surface area contributed by atoms with Crippen molar-refractivity contribution in [1.82, 2.24) is 19.3 Å². The Bertz CT molecular complexity index is 1220. The van der Waals surface area contributed by atoms with Gasteiger partial charge in [0.2, 0.25) is 5.82 Å². The van der Waals surface area contributed by atoms with Crippen molar-refractivity contribution in [3.8, 4) is 0 Å². The number of amides is 1. The van der Waals surface area contributed by atoms with Crippen LogP contribution in [0, 0.1) is 12.8 Å². The molecule has 3 aliphatic rings. The molecule has 1 aromatic carbocycles. The first-order chi connectivity index (χ1) is 17.1. The Hall–Kier alpha value is -2.97. The highest BCUT2D eigenvalue weighted by molar-refractivity contribution is 5.94. The first kappa shape index (κ1) is 22.5. The van der Waals surface area contributed by atoms with Crippen LogP contribution in [0.25, 0.3) is 5.52 Å². The van der Waals surface area contributed by atoms with Crippen LogP contribution in [0.4, 0.5) is 5.82 Å². The molecular weight excluding hydrogens is 442 g/mol. The minimum atomic E-state index is -0.905. The number of imidazole rings is 1. The summed E-state index contributed by atoms with van der Waals surface area (Å²) in [5.74, 6) is 1.19. The lowest BCUT2D eigenvalue weighted by Crippen LogP contribution is -2.59. The minimum Gasteiger partial charge on any atom is -0.385 e. The summed E-state index contributed by atoms with van der Waals surface area (Å²) in [6.45, 7) is 5.22. The standard InChI is InChI=1S/C27H33N5O3/c1-19-18-32-23(17-28-19)24(30-13-15-35-16-14-30)29-25(32)26(33)31-12-11-27(34,20-7-3-2-4-8-20)21-9-5-6-10-22(21)31/h2-4,7-8,17-18,21-22,34H,5-6,9-16H2,1H3/t21-,22+,27?/m0/s1. The zero-order valence-corrected chi connectivity index (χ0v) is 20.3. The van der Waals surface area contributed by atoms with E-state index in [9.17, 15) is 9.90 Å². The summed E-state index contributed by atoms with van der Waals surface area (Å²) >= 11 is 0. The Morgan fingerprint density at radius 2 is 1.89 bits per heavy atom. The molecule has 2 saturated heterocycles. The number of aryl methyl sites for hydroxylation is 1. The normalized spacial score (nSPS) is 27.1. The second kappa shape index (κ2) is 8.91. The summed E-state index contributed by atoms with van der Waals surface area (Å²) in [5.41, 5.74) is 1.74. The molecule has 35 heavy (non-hydrogen) atoms. The lowest BCUT2D eigenvalue weighted by atomic mass is 9.66. The van der Waals surface area contributed by atoms with Crippen LogP contribution in [0.2, 0.25) is 0 Å². The Balaban J connectivity index is 1.37. The van der Waals surface area contributed by atoms with Gasteiger partial charge in [-0.25, -0.2) is 4.98 Å².